The first kappa shape index (κ1) is 25.3. The zero-order valence-electron chi connectivity index (χ0n) is 14.6. The molecule has 0 saturated heterocycles. The normalized spacial score (nSPS) is 20.2. The average molecular weight is 364 g/mol. The molecule has 2 amide bonds. The van der Waals surface area contributed by atoms with Crippen molar-refractivity contribution in [2.75, 3.05) is 0 Å². The number of nitrogens with zero attached hydrogens (tertiary/aromatic N) is 2. The van der Waals surface area contributed by atoms with Gasteiger partial charge in [0.25, 0.3) is 5.91 Å². The van der Waals surface area contributed by atoms with E-state index in [-0.39, 0.29) is 47.9 Å². The number of amides is 2. The number of carbonyl (C=O) groups excluding carboxylic acids is 2. The SMILES string of the molecule is CCCC(C)C1(CC)C(=O)N=C([O-])NC1=O.Cl.[Na+].c1ccncc1. The maximum Gasteiger partial charge on any atom is 1.00 e. The summed E-state index contributed by atoms with van der Waals surface area (Å²) in [7, 11) is 0. The van der Waals surface area contributed by atoms with Gasteiger partial charge in [0, 0.05) is 12.4 Å². The summed E-state index contributed by atoms with van der Waals surface area (Å²) in [5.41, 5.74) is -1.15. The molecule has 1 aliphatic rings. The van der Waals surface area contributed by atoms with Gasteiger partial charge in [-0.3, -0.25) is 14.6 Å². The zero-order valence-corrected chi connectivity index (χ0v) is 17.4. The standard InChI is InChI=1S/C11H18N2O3.C5H5N.ClH.Na/c1-4-6-7(3)11(5-2)8(14)12-10(16)13-9(11)15;1-2-4-6-5-3-1;;/h7H,4-6H2,1-3H3,(H2,12,13,14,15,16);1-5H;1H;/q;;;+1/p-1. The summed E-state index contributed by atoms with van der Waals surface area (Å²) in [5.74, 6) is -1.20. The van der Waals surface area contributed by atoms with E-state index < -0.39 is 23.3 Å². The van der Waals surface area contributed by atoms with Crippen LogP contribution in [0.25, 0.3) is 0 Å². The summed E-state index contributed by atoms with van der Waals surface area (Å²) in [6.45, 7) is 5.62. The van der Waals surface area contributed by atoms with Crippen LogP contribution in [0.3, 0.4) is 0 Å². The molecule has 0 aliphatic carbocycles. The number of halogens is 1. The van der Waals surface area contributed by atoms with Crippen molar-refractivity contribution in [3.05, 3.63) is 30.6 Å². The number of hydrogen-bond acceptors (Lipinski definition) is 4. The molecule has 1 aromatic heterocycles. The van der Waals surface area contributed by atoms with Crippen molar-refractivity contribution in [1.82, 2.24) is 10.3 Å². The van der Waals surface area contributed by atoms with E-state index in [2.05, 4.69) is 15.3 Å². The van der Waals surface area contributed by atoms with Crippen LogP contribution in [0.4, 0.5) is 0 Å². The summed E-state index contributed by atoms with van der Waals surface area (Å²) in [5, 5.41) is 13.1. The molecule has 0 radical (unpaired) electrons. The van der Waals surface area contributed by atoms with Crippen molar-refractivity contribution in [2.24, 2.45) is 16.3 Å². The quantitative estimate of drug-likeness (QED) is 0.531. The molecule has 2 rings (SSSR count). The summed E-state index contributed by atoms with van der Waals surface area (Å²) in [4.78, 5) is 30.8. The summed E-state index contributed by atoms with van der Waals surface area (Å²) < 4.78 is 0. The number of aliphatic imine (C=N–C) groups is 1. The zero-order chi connectivity index (χ0) is 16.6. The van der Waals surface area contributed by atoms with Gasteiger partial charge in [-0.1, -0.05) is 33.3 Å². The second-order valence-corrected chi connectivity index (χ2v) is 5.22. The Morgan fingerprint density at radius 3 is 2.12 bits per heavy atom. The van der Waals surface area contributed by atoms with Crippen molar-refractivity contribution in [3.8, 4) is 0 Å². The van der Waals surface area contributed by atoms with E-state index >= 15 is 0 Å². The molecule has 0 aromatic carbocycles. The smallest absolute Gasteiger partial charge is 0.846 e. The minimum Gasteiger partial charge on any atom is -0.846 e. The van der Waals surface area contributed by atoms with Gasteiger partial charge in [0.2, 0.25) is 5.91 Å². The molecule has 24 heavy (non-hydrogen) atoms. The van der Waals surface area contributed by atoms with Gasteiger partial charge in [0.05, 0.1) is 6.02 Å². The molecule has 0 saturated carbocycles. The predicted molar refractivity (Wildman–Crippen MR) is 88.9 cm³/mol. The Hall–Kier alpha value is -0.950. The van der Waals surface area contributed by atoms with Crippen LogP contribution in [0.5, 0.6) is 0 Å². The first-order valence-electron chi connectivity index (χ1n) is 7.45. The first-order valence-corrected chi connectivity index (χ1v) is 7.45. The molecule has 2 heterocycles. The van der Waals surface area contributed by atoms with E-state index in [0.717, 1.165) is 12.8 Å². The Balaban J connectivity index is 0. The van der Waals surface area contributed by atoms with Crippen molar-refractivity contribution >= 4 is 30.2 Å². The second kappa shape index (κ2) is 12.4. The minimum atomic E-state index is -1.15. The fourth-order valence-corrected chi connectivity index (χ4v) is 2.61. The third-order valence-electron chi connectivity index (χ3n) is 3.90. The van der Waals surface area contributed by atoms with Gasteiger partial charge >= 0.3 is 29.6 Å². The molecule has 6 nitrogen and oxygen atoms in total. The molecule has 0 bridgehead atoms. The van der Waals surface area contributed by atoms with Crippen LogP contribution in [-0.4, -0.2) is 22.8 Å². The maximum atomic E-state index is 11.9. The molecule has 0 spiro atoms. The molecular formula is C16H23ClN3NaO3. The van der Waals surface area contributed by atoms with Crippen molar-refractivity contribution in [1.29, 1.82) is 0 Å². The van der Waals surface area contributed by atoms with Crippen LogP contribution in [-0.2, 0) is 9.59 Å². The summed E-state index contributed by atoms with van der Waals surface area (Å²) in [6, 6.07) is 4.87. The van der Waals surface area contributed by atoms with Gasteiger partial charge in [-0.15, -0.1) is 12.4 Å². The number of pyridine rings is 1. The van der Waals surface area contributed by atoms with Gasteiger partial charge in [-0.2, -0.15) is 0 Å². The largest absolute Gasteiger partial charge is 1.00 e. The fourth-order valence-electron chi connectivity index (χ4n) is 2.61. The molecule has 128 valence electrons. The Kier molecular flexibility index (Phi) is 13.1. The van der Waals surface area contributed by atoms with Crippen LogP contribution in [0.15, 0.2) is 35.6 Å². The van der Waals surface area contributed by atoms with E-state index in [9.17, 15) is 14.7 Å². The molecule has 0 fully saturated rings. The minimum absolute atomic E-state index is 0. The van der Waals surface area contributed by atoms with Crippen molar-refractivity contribution in [2.45, 2.75) is 40.0 Å². The number of nitrogens with one attached hydrogen (secondary N) is 1. The van der Waals surface area contributed by atoms with Crippen LogP contribution in [0, 0.1) is 11.3 Å². The van der Waals surface area contributed by atoms with Crippen LogP contribution in [0.2, 0.25) is 0 Å². The number of carbonyl (C=O) groups is 2. The molecule has 1 N–H and O–H groups in total. The van der Waals surface area contributed by atoms with Crippen LogP contribution in [0.1, 0.15) is 40.0 Å². The average Bonchev–Trinajstić information content (AvgIpc) is 2.50. The Morgan fingerprint density at radius 2 is 1.79 bits per heavy atom. The van der Waals surface area contributed by atoms with Gasteiger partial charge in [-0.25, -0.2) is 4.99 Å². The van der Waals surface area contributed by atoms with E-state index in [1.165, 1.54) is 0 Å². The third-order valence-corrected chi connectivity index (χ3v) is 3.90. The maximum absolute atomic E-state index is 11.9. The Morgan fingerprint density at radius 1 is 1.21 bits per heavy atom. The number of rotatable bonds is 4. The molecule has 8 heteroatoms. The van der Waals surface area contributed by atoms with E-state index in [1.54, 1.807) is 19.3 Å². The van der Waals surface area contributed by atoms with E-state index in [1.807, 2.05) is 32.0 Å². The fraction of sp³-hybridized carbons (Fsp3) is 0.500. The first-order chi connectivity index (χ1) is 10.5. The second-order valence-electron chi connectivity index (χ2n) is 5.22. The monoisotopic (exact) mass is 363 g/mol. The van der Waals surface area contributed by atoms with E-state index in [0.29, 0.717) is 6.42 Å². The van der Waals surface area contributed by atoms with E-state index in [4.69, 9.17) is 0 Å². The van der Waals surface area contributed by atoms with Crippen LogP contribution < -0.4 is 40.0 Å². The molecule has 2 atom stereocenters. The number of aromatic nitrogens is 1. The molecule has 1 aromatic rings. The third kappa shape index (κ3) is 6.16. The molecular weight excluding hydrogens is 341 g/mol. The Bertz CT molecular complexity index is 516. The Labute approximate surface area is 171 Å². The van der Waals surface area contributed by atoms with Crippen molar-refractivity contribution < 1.29 is 44.3 Å². The van der Waals surface area contributed by atoms with Gasteiger partial charge in [0.1, 0.15) is 5.41 Å². The predicted octanol–water partition coefficient (Wildman–Crippen LogP) is -1.30. The summed E-state index contributed by atoms with van der Waals surface area (Å²) in [6.07, 6.45) is 5.52. The number of amidine groups is 1. The summed E-state index contributed by atoms with van der Waals surface area (Å²) >= 11 is 0. The topological polar surface area (TPSA) is 94.5 Å². The van der Waals surface area contributed by atoms with Crippen LogP contribution >= 0.6 is 12.4 Å². The molecule has 1 aliphatic heterocycles. The van der Waals surface area contributed by atoms with Crippen molar-refractivity contribution in [3.63, 3.8) is 0 Å². The van der Waals surface area contributed by atoms with Gasteiger partial charge in [-0.05, 0) is 30.9 Å². The molecule has 2 unspecified atom stereocenters. The van der Waals surface area contributed by atoms with Gasteiger partial charge < -0.3 is 10.4 Å². The number of hydrogen-bond donors (Lipinski definition) is 1. The van der Waals surface area contributed by atoms with Gasteiger partial charge in [0.15, 0.2) is 0 Å².